The molecule has 1 aromatic carbocycles. The number of ether oxygens (including phenoxy) is 1. The van der Waals surface area contributed by atoms with E-state index in [-0.39, 0.29) is 5.91 Å². The van der Waals surface area contributed by atoms with E-state index in [0.29, 0.717) is 6.54 Å². The highest BCUT2D eigenvalue weighted by Gasteiger charge is 2.04. The molecule has 0 fully saturated rings. The average molecular weight is 222 g/mol. The molecule has 0 unspecified atom stereocenters. The van der Waals surface area contributed by atoms with Crippen LogP contribution >= 0.6 is 0 Å². The molecule has 0 radical (unpaired) electrons. The van der Waals surface area contributed by atoms with Gasteiger partial charge in [0.15, 0.2) is 0 Å². The average Bonchev–Trinajstić information content (AvgIpc) is 2.25. The first-order chi connectivity index (χ1) is 7.54. The van der Waals surface area contributed by atoms with E-state index in [1.165, 1.54) is 0 Å². The molecule has 0 heterocycles. The maximum Gasteiger partial charge on any atom is 0.241 e. The predicted molar refractivity (Wildman–Crippen MR) is 64.9 cm³/mol. The number of hydrogen-bond donors (Lipinski definition) is 1. The van der Waals surface area contributed by atoms with Crippen LogP contribution in [0.5, 0.6) is 5.75 Å². The Bertz CT molecular complexity index is 375. The lowest BCUT2D eigenvalue weighted by Crippen LogP contribution is -2.28. The van der Waals surface area contributed by atoms with E-state index < -0.39 is 0 Å². The van der Waals surface area contributed by atoms with Crippen molar-refractivity contribution >= 4 is 11.6 Å². The molecule has 16 heavy (non-hydrogen) atoms. The number of aryl methyl sites for hydroxylation is 1. The lowest BCUT2D eigenvalue weighted by Gasteiger charge is -2.12. The molecule has 1 N–H and O–H groups in total. The number of carbonyl (C=O) groups excluding carboxylic acids is 1. The number of benzene rings is 1. The van der Waals surface area contributed by atoms with Gasteiger partial charge in [-0.2, -0.15) is 0 Å². The summed E-state index contributed by atoms with van der Waals surface area (Å²) in [5.41, 5.74) is 1.97. The van der Waals surface area contributed by atoms with Crippen LogP contribution in [0.25, 0.3) is 0 Å². The zero-order chi connectivity index (χ0) is 12.1. The fourth-order valence-electron chi connectivity index (χ4n) is 1.32. The van der Waals surface area contributed by atoms with E-state index in [1.807, 2.05) is 25.1 Å². The number of nitrogens with one attached hydrogen (secondary N) is 1. The van der Waals surface area contributed by atoms with Gasteiger partial charge in [0.05, 0.1) is 13.7 Å². The molecule has 0 bridgehead atoms. The molecule has 4 heteroatoms. The molecular weight excluding hydrogens is 204 g/mol. The highest BCUT2D eigenvalue weighted by Crippen LogP contribution is 2.21. The molecular formula is C12H18N2O2. The van der Waals surface area contributed by atoms with E-state index in [1.54, 1.807) is 26.1 Å². The van der Waals surface area contributed by atoms with Crippen LogP contribution in [0.1, 0.15) is 5.56 Å². The van der Waals surface area contributed by atoms with Crippen LogP contribution < -0.4 is 10.1 Å². The summed E-state index contributed by atoms with van der Waals surface area (Å²) in [4.78, 5) is 12.9. The normalized spacial score (nSPS) is 9.75. The van der Waals surface area contributed by atoms with Gasteiger partial charge in [-0.1, -0.05) is 0 Å². The molecule has 1 amide bonds. The molecule has 1 rings (SSSR count). The summed E-state index contributed by atoms with van der Waals surface area (Å²) < 4.78 is 5.16. The van der Waals surface area contributed by atoms with Gasteiger partial charge >= 0.3 is 0 Å². The molecule has 0 saturated heterocycles. The summed E-state index contributed by atoms with van der Waals surface area (Å²) in [5, 5.41) is 3.07. The van der Waals surface area contributed by atoms with Gasteiger partial charge in [0.25, 0.3) is 0 Å². The van der Waals surface area contributed by atoms with E-state index >= 15 is 0 Å². The lowest BCUT2D eigenvalue weighted by molar-refractivity contribution is -0.126. The second kappa shape index (κ2) is 5.39. The van der Waals surface area contributed by atoms with Crippen molar-refractivity contribution < 1.29 is 9.53 Å². The van der Waals surface area contributed by atoms with Gasteiger partial charge in [0, 0.05) is 19.8 Å². The van der Waals surface area contributed by atoms with E-state index in [9.17, 15) is 4.79 Å². The second-order valence-corrected chi connectivity index (χ2v) is 3.83. The van der Waals surface area contributed by atoms with Crippen molar-refractivity contribution in [1.82, 2.24) is 4.90 Å². The minimum absolute atomic E-state index is 0.0495. The summed E-state index contributed by atoms with van der Waals surface area (Å²) in [6.45, 7) is 2.27. The summed E-state index contributed by atoms with van der Waals surface area (Å²) in [7, 11) is 5.12. The third-order valence-corrected chi connectivity index (χ3v) is 2.34. The minimum atomic E-state index is 0.0495. The smallest absolute Gasteiger partial charge is 0.241 e. The van der Waals surface area contributed by atoms with Crippen molar-refractivity contribution in [2.45, 2.75) is 6.92 Å². The first-order valence-corrected chi connectivity index (χ1v) is 5.13. The molecule has 0 atom stereocenters. The van der Waals surface area contributed by atoms with Crippen molar-refractivity contribution in [3.8, 4) is 5.75 Å². The van der Waals surface area contributed by atoms with E-state index in [2.05, 4.69) is 5.32 Å². The number of rotatable bonds is 4. The Labute approximate surface area is 96.2 Å². The number of nitrogens with zero attached hydrogens (tertiary/aromatic N) is 1. The molecule has 0 saturated carbocycles. The molecule has 1 aromatic rings. The Morgan fingerprint density at radius 1 is 1.44 bits per heavy atom. The fourth-order valence-corrected chi connectivity index (χ4v) is 1.32. The number of carbonyl (C=O) groups is 1. The number of likely N-dealkylation sites (N-methyl/N-ethyl adjacent to an activating group) is 1. The highest BCUT2D eigenvalue weighted by molar-refractivity contribution is 5.80. The molecule has 0 spiro atoms. The quantitative estimate of drug-likeness (QED) is 0.839. The van der Waals surface area contributed by atoms with Crippen LogP contribution in [-0.2, 0) is 4.79 Å². The monoisotopic (exact) mass is 222 g/mol. The van der Waals surface area contributed by atoms with Crippen molar-refractivity contribution in [3.63, 3.8) is 0 Å². The lowest BCUT2D eigenvalue weighted by atomic mass is 10.2. The van der Waals surface area contributed by atoms with Crippen LogP contribution in [0.2, 0.25) is 0 Å². The van der Waals surface area contributed by atoms with Crippen molar-refractivity contribution in [2.75, 3.05) is 33.1 Å². The molecule has 88 valence electrons. The van der Waals surface area contributed by atoms with Gasteiger partial charge < -0.3 is 15.0 Å². The minimum Gasteiger partial charge on any atom is -0.496 e. The Morgan fingerprint density at radius 2 is 2.12 bits per heavy atom. The van der Waals surface area contributed by atoms with Crippen molar-refractivity contribution in [1.29, 1.82) is 0 Å². The van der Waals surface area contributed by atoms with Crippen molar-refractivity contribution in [3.05, 3.63) is 23.8 Å². The summed E-state index contributed by atoms with van der Waals surface area (Å²) in [6, 6.07) is 5.74. The maximum absolute atomic E-state index is 11.4. The zero-order valence-corrected chi connectivity index (χ0v) is 10.2. The number of anilines is 1. The van der Waals surface area contributed by atoms with Gasteiger partial charge in [-0.25, -0.2) is 0 Å². The Balaban J connectivity index is 2.62. The van der Waals surface area contributed by atoms with Crippen LogP contribution in [0, 0.1) is 6.92 Å². The molecule has 0 aliphatic rings. The summed E-state index contributed by atoms with van der Waals surface area (Å²) in [6.07, 6.45) is 0. The van der Waals surface area contributed by atoms with Crippen LogP contribution in [0.15, 0.2) is 18.2 Å². The van der Waals surface area contributed by atoms with Gasteiger partial charge in [0.1, 0.15) is 5.75 Å². The summed E-state index contributed by atoms with van der Waals surface area (Å²) >= 11 is 0. The highest BCUT2D eigenvalue weighted by atomic mass is 16.5. The predicted octanol–water partition coefficient (Wildman–Crippen LogP) is 1.50. The van der Waals surface area contributed by atoms with Gasteiger partial charge in [-0.15, -0.1) is 0 Å². The molecule has 4 nitrogen and oxygen atoms in total. The third-order valence-electron chi connectivity index (χ3n) is 2.34. The maximum atomic E-state index is 11.4. The molecule has 0 aliphatic heterocycles. The Hall–Kier alpha value is -1.71. The van der Waals surface area contributed by atoms with Crippen LogP contribution in [0.4, 0.5) is 5.69 Å². The third kappa shape index (κ3) is 3.15. The zero-order valence-electron chi connectivity index (χ0n) is 10.2. The Kier molecular flexibility index (Phi) is 4.17. The first-order valence-electron chi connectivity index (χ1n) is 5.13. The number of amides is 1. The number of methoxy groups -OCH3 is 1. The van der Waals surface area contributed by atoms with Crippen molar-refractivity contribution in [2.24, 2.45) is 0 Å². The molecule has 0 aromatic heterocycles. The van der Waals surface area contributed by atoms with E-state index in [4.69, 9.17) is 4.74 Å². The standard InChI is InChI=1S/C12H18N2O2/c1-9-7-10(5-6-11(9)16-4)13-8-12(15)14(2)3/h5-7,13H,8H2,1-4H3. The number of hydrogen-bond acceptors (Lipinski definition) is 3. The van der Waals surface area contributed by atoms with Crippen LogP contribution in [0.3, 0.4) is 0 Å². The van der Waals surface area contributed by atoms with Gasteiger partial charge in [-0.3, -0.25) is 4.79 Å². The topological polar surface area (TPSA) is 41.6 Å². The SMILES string of the molecule is COc1ccc(NCC(=O)N(C)C)cc1C. The largest absolute Gasteiger partial charge is 0.496 e. The molecule has 0 aliphatic carbocycles. The van der Waals surface area contributed by atoms with Crippen LogP contribution in [-0.4, -0.2) is 38.6 Å². The van der Waals surface area contributed by atoms with E-state index in [0.717, 1.165) is 17.0 Å². The summed E-state index contributed by atoms with van der Waals surface area (Å²) in [5.74, 6) is 0.901. The first kappa shape index (κ1) is 12.4. The van der Waals surface area contributed by atoms with Gasteiger partial charge in [-0.05, 0) is 30.7 Å². The van der Waals surface area contributed by atoms with Gasteiger partial charge in [0.2, 0.25) is 5.91 Å². The fraction of sp³-hybridized carbons (Fsp3) is 0.417. The second-order valence-electron chi connectivity index (χ2n) is 3.83. The Morgan fingerprint density at radius 3 is 2.62 bits per heavy atom.